The first-order valence-corrected chi connectivity index (χ1v) is 6.23. The Balaban J connectivity index is 2.59. The topological polar surface area (TPSA) is 29.3 Å². The van der Waals surface area contributed by atoms with Crippen LogP contribution < -0.4 is 5.73 Å². The molecule has 0 spiro atoms. The van der Waals surface area contributed by atoms with E-state index < -0.39 is 0 Å². The predicted octanol–water partition coefficient (Wildman–Crippen LogP) is 2.81. The van der Waals surface area contributed by atoms with Crippen LogP contribution in [0.3, 0.4) is 0 Å². The van der Waals surface area contributed by atoms with Crippen molar-refractivity contribution < 1.29 is 0 Å². The highest BCUT2D eigenvalue weighted by molar-refractivity contribution is 5.18. The molecule has 0 aliphatic rings. The Morgan fingerprint density at radius 2 is 1.81 bits per heavy atom. The Morgan fingerprint density at radius 1 is 1.19 bits per heavy atom. The van der Waals surface area contributed by atoms with E-state index in [1.807, 2.05) is 6.07 Å². The summed E-state index contributed by atoms with van der Waals surface area (Å²) >= 11 is 0. The van der Waals surface area contributed by atoms with E-state index in [9.17, 15) is 0 Å². The van der Waals surface area contributed by atoms with Crippen LogP contribution in [0.1, 0.15) is 38.8 Å². The molecule has 1 rings (SSSR count). The van der Waals surface area contributed by atoms with Gasteiger partial charge in [-0.3, -0.25) is 4.90 Å². The molecule has 1 aromatic carbocycles. The molecular weight excluding hydrogens is 196 g/mol. The van der Waals surface area contributed by atoms with Crippen molar-refractivity contribution in [3.8, 4) is 0 Å². The number of hydrogen-bond acceptors (Lipinski definition) is 2. The van der Waals surface area contributed by atoms with Gasteiger partial charge in [0, 0.05) is 18.6 Å². The van der Waals surface area contributed by atoms with Gasteiger partial charge >= 0.3 is 0 Å². The van der Waals surface area contributed by atoms with Crippen molar-refractivity contribution in [2.24, 2.45) is 5.73 Å². The van der Waals surface area contributed by atoms with Crippen LogP contribution in [0, 0.1) is 0 Å². The molecule has 2 N–H and O–H groups in total. The van der Waals surface area contributed by atoms with Gasteiger partial charge in [0.05, 0.1) is 0 Å². The van der Waals surface area contributed by atoms with Gasteiger partial charge in [-0.1, -0.05) is 44.2 Å². The van der Waals surface area contributed by atoms with Gasteiger partial charge in [0.25, 0.3) is 0 Å². The molecule has 1 aromatic rings. The number of rotatable bonds is 6. The fourth-order valence-corrected chi connectivity index (χ4v) is 1.94. The molecule has 0 amide bonds. The Bertz CT molecular complexity index is 284. The van der Waals surface area contributed by atoms with Crippen LogP contribution in [0.25, 0.3) is 0 Å². The van der Waals surface area contributed by atoms with E-state index in [0.29, 0.717) is 6.04 Å². The van der Waals surface area contributed by atoms with E-state index >= 15 is 0 Å². The molecule has 0 aliphatic carbocycles. The van der Waals surface area contributed by atoms with E-state index in [1.165, 1.54) is 12.0 Å². The van der Waals surface area contributed by atoms with Crippen LogP contribution in [-0.2, 0) is 0 Å². The minimum atomic E-state index is 0.121. The van der Waals surface area contributed by atoms with Crippen molar-refractivity contribution in [2.45, 2.75) is 39.3 Å². The third-order valence-corrected chi connectivity index (χ3v) is 3.28. The molecule has 90 valence electrons. The summed E-state index contributed by atoms with van der Waals surface area (Å²) in [5.41, 5.74) is 7.45. The average Bonchev–Trinajstić information content (AvgIpc) is 2.35. The van der Waals surface area contributed by atoms with Gasteiger partial charge in [-0.2, -0.15) is 0 Å². The molecule has 0 saturated carbocycles. The van der Waals surface area contributed by atoms with Crippen LogP contribution in [0.5, 0.6) is 0 Å². The van der Waals surface area contributed by atoms with Crippen LogP contribution in [0.4, 0.5) is 0 Å². The third kappa shape index (κ3) is 3.62. The lowest BCUT2D eigenvalue weighted by atomic mass is 10.1. The standard InChI is InChI=1S/C14H24N2/c1-4-12(3)16(5-2)11-14(15)13-9-7-6-8-10-13/h6-10,12,14H,4-5,11,15H2,1-3H3. The molecule has 2 atom stereocenters. The van der Waals surface area contributed by atoms with Gasteiger partial charge in [0.15, 0.2) is 0 Å². The Kier molecular flexibility index (Phi) is 5.50. The maximum Gasteiger partial charge on any atom is 0.0424 e. The molecule has 2 unspecified atom stereocenters. The van der Waals surface area contributed by atoms with Crippen molar-refractivity contribution in [1.82, 2.24) is 4.90 Å². The normalized spacial score (nSPS) is 15.1. The number of nitrogens with two attached hydrogens (primary N) is 1. The highest BCUT2D eigenvalue weighted by Crippen LogP contribution is 2.13. The van der Waals surface area contributed by atoms with Gasteiger partial charge in [-0.15, -0.1) is 0 Å². The molecule has 16 heavy (non-hydrogen) atoms. The van der Waals surface area contributed by atoms with E-state index in [0.717, 1.165) is 13.1 Å². The van der Waals surface area contributed by atoms with Gasteiger partial charge in [0.1, 0.15) is 0 Å². The average molecular weight is 220 g/mol. The molecule has 0 heterocycles. The van der Waals surface area contributed by atoms with Crippen LogP contribution in [0.15, 0.2) is 30.3 Å². The molecule has 0 aliphatic heterocycles. The van der Waals surface area contributed by atoms with Crippen LogP contribution in [-0.4, -0.2) is 24.0 Å². The zero-order valence-electron chi connectivity index (χ0n) is 10.7. The number of nitrogens with zero attached hydrogens (tertiary/aromatic N) is 1. The molecule has 2 nitrogen and oxygen atoms in total. The summed E-state index contributed by atoms with van der Waals surface area (Å²) in [5.74, 6) is 0. The summed E-state index contributed by atoms with van der Waals surface area (Å²) < 4.78 is 0. The zero-order chi connectivity index (χ0) is 12.0. The Hall–Kier alpha value is -0.860. The maximum atomic E-state index is 6.22. The molecular formula is C14H24N2. The third-order valence-electron chi connectivity index (χ3n) is 3.28. The molecule has 0 saturated heterocycles. The lowest BCUT2D eigenvalue weighted by Gasteiger charge is -2.29. The highest BCUT2D eigenvalue weighted by atomic mass is 15.2. The fraction of sp³-hybridized carbons (Fsp3) is 0.571. The number of hydrogen-bond donors (Lipinski definition) is 1. The Labute approximate surface area is 99.5 Å². The first-order valence-electron chi connectivity index (χ1n) is 6.23. The van der Waals surface area contributed by atoms with Crippen molar-refractivity contribution in [2.75, 3.05) is 13.1 Å². The predicted molar refractivity (Wildman–Crippen MR) is 70.4 cm³/mol. The van der Waals surface area contributed by atoms with Crippen molar-refractivity contribution in [1.29, 1.82) is 0 Å². The van der Waals surface area contributed by atoms with Crippen LogP contribution in [0.2, 0.25) is 0 Å². The van der Waals surface area contributed by atoms with Crippen molar-refractivity contribution in [3.63, 3.8) is 0 Å². The quantitative estimate of drug-likeness (QED) is 0.798. The first-order chi connectivity index (χ1) is 7.69. The summed E-state index contributed by atoms with van der Waals surface area (Å²) in [6, 6.07) is 11.1. The molecule has 0 fully saturated rings. The molecule has 0 radical (unpaired) electrons. The summed E-state index contributed by atoms with van der Waals surface area (Å²) in [4.78, 5) is 2.44. The second-order valence-electron chi connectivity index (χ2n) is 4.36. The summed E-state index contributed by atoms with van der Waals surface area (Å²) in [5, 5.41) is 0. The minimum Gasteiger partial charge on any atom is -0.323 e. The summed E-state index contributed by atoms with van der Waals surface area (Å²) in [6.07, 6.45) is 1.18. The number of benzene rings is 1. The van der Waals surface area contributed by atoms with E-state index in [4.69, 9.17) is 5.73 Å². The van der Waals surface area contributed by atoms with Gasteiger partial charge < -0.3 is 5.73 Å². The SMILES string of the molecule is CCC(C)N(CC)CC(N)c1ccccc1. The second-order valence-corrected chi connectivity index (χ2v) is 4.36. The summed E-state index contributed by atoms with van der Waals surface area (Å²) in [6.45, 7) is 8.69. The smallest absolute Gasteiger partial charge is 0.0424 e. The van der Waals surface area contributed by atoms with Gasteiger partial charge in [-0.05, 0) is 25.5 Å². The highest BCUT2D eigenvalue weighted by Gasteiger charge is 2.14. The lowest BCUT2D eigenvalue weighted by molar-refractivity contribution is 0.202. The maximum absolute atomic E-state index is 6.22. The largest absolute Gasteiger partial charge is 0.323 e. The van der Waals surface area contributed by atoms with Crippen LogP contribution >= 0.6 is 0 Å². The first kappa shape index (κ1) is 13.2. The molecule has 0 bridgehead atoms. The van der Waals surface area contributed by atoms with E-state index in [1.54, 1.807) is 0 Å². The minimum absolute atomic E-state index is 0.121. The van der Waals surface area contributed by atoms with E-state index in [-0.39, 0.29) is 6.04 Å². The Morgan fingerprint density at radius 3 is 2.31 bits per heavy atom. The number of likely N-dealkylation sites (N-methyl/N-ethyl adjacent to an activating group) is 1. The molecule has 0 aromatic heterocycles. The van der Waals surface area contributed by atoms with E-state index in [2.05, 4.69) is 49.9 Å². The van der Waals surface area contributed by atoms with Crippen molar-refractivity contribution in [3.05, 3.63) is 35.9 Å². The van der Waals surface area contributed by atoms with Gasteiger partial charge in [-0.25, -0.2) is 0 Å². The second kappa shape index (κ2) is 6.66. The summed E-state index contributed by atoms with van der Waals surface area (Å²) in [7, 11) is 0. The van der Waals surface area contributed by atoms with Crippen molar-refractivity contribution >= 4 is 0 Å². The fourth-order valence-electron chi connectivity index (χ4n) is 1.94. The zero-order valence-corrected chi connectivity index (χ0v) is 10.7. The van der Waals surface area contributed by atoms with Gasteiger partial charge in [0.2, 0.25) is 0 Å². The monoisotopic (exact) mass is 220 g/mol. The molecule has 2 heteroatoms. The lowest BCUT2D eigenvalue weighted by Crippen LogP contribution is -2.38.